The van der Waals surface area contributed by atoms with Crippen molar-refractivity contribution in [1.82, 2.24) is 19.1 Å². The van der Waals surface area contributed by atoms with Crippen LogP contribution in [0.2, 0.25) is 0 Å². The topological polar surface area (TPSA) is 61.7 Å². The summed E-state index contributed by atoms with van der Waals surface area (Å²) < 4.78 is 4.60. The molecule has 4 heterocycles. The van der Waals surface area contributed by atoms with E-state index in [0.717, 1.165) is 85.1 Å². The third-order valence-corrected chi connectivity index (χ3v) is 10.1. The molecule has 228 valence electrons. The average molecular weight is 618 g/mol. The fourth-order valence-electron chi connectivity index (χ4n) is 7.63. The number of nitrogen functional groups attached to an aromatic ring is 1. The van der Waals surface area contributed by atoms with Crippen molar-refractivity contribution in [2.24, 2.45) is 0 Å². The minimum Gasteiger partial charge on any atom is -0.384 e. The highest BCUT2D eigenvalue weighted by atomic mass is 15.1. The van der Waals surface area contributed by atoms with Crippen molar-refractivity contribution in [3.63, 3.8) is 0 Å². The molecule has 0 saturated heterocycles. The van der Waals surface area contributed by atoms with Crippen LogP contribution in [0.4, 0.5) is 5.82 Å². The Morgan fingerprint density at radius 1 is 0.562 bits per heavy atom. The number of anilines is 1. The molecule has 10 rings (SSSR count). The number of hydrogen-bond acceptors (Lipinski definition) is 3. The van der Waals surface area contributed by atoms with Crippen molar-refractivity contribution < 1.29 is 0 Å². The molecule has 5 heteroatoms. The van der Waals surface area contributed by atoms with Crippen molar-refractivity contribution in [2.75, 3.05) is 5.73 Å². The molecule has 0 amide bonds. The van der Waals surface area contributed by atoms with E-state index in [1.165, 1.54) is 28.2 Å². The fourth-order valence-corrected chi connectivity index (χ4v) is 7.63. The summed E-state index contributed by atoms with van der Waals surface area (Å²) in [5, 5.41) is 5.76. The van der Waals surface area contributed by atoms with Gasteiger partial charge in [-0.2, -0.15) is 0 Å². The van der Waals surface area contributed by atoms with E-state index < -0.39 is 0 Å². The predicted molar refractivity (Wildman–Crippen MR) is 200 cm³/mol. The van der Waals surface area contributed by atoms with Crippen LogP contribution in [0.3, 0.4) is 0 Å². The zero-order chi connectivity index (χ0) is 31.8. The van der Waals surface area contributed by atoms with Gasteiger partial charge in [-0.3, -0.25) is 14.5 Å². The van der Waals surface area contributed by atoms with Crippen LogP contribution in [-0.4, -0.2) is 19.1 Å². The number of allylic oxidation sites excluding steroid dienone is 1. The van der Waals surface area contributed by atoms with Gasteiger partial charge in [0.05, 0.1) is 27.6 Å². The highest BCUT2D eigenvalue weighted by molar-refractivity contribution is 6.14. The van der Waals surface area contributed by atoms with E-state index >= 15 is 0 Å². The second-order valence-corrected chi connectivity index (χ2v) is 12.8. The molecule has 4 aromatic heterocycles. The number of pyridine rings is 2. The van der Waals surface area contributed by atoms with E-state index in [1.54, 1.807) is 0 Å². The molecule has 48 heavy (non-hydrogen) atoms. The van der Waals surface area contributed by atoms with Crippen molar-refractivity contribution in [2.45, 2.75) is 19.3 Å². The molecule has 0 aliphatic heterocycles. The highest BCUT2D eigenvalue weighted by Gasteiger charge is 2.20. The second-order valence-electron chi connectivity index (χ2n) is 12.8. The number of nitrogens with two attached hydrogens (primary N) is 1. The number of hydrogen-bond donors (Lipinski definition) is 1. The normalized spacial score (nSPS) is 13.2. The molecule has 9 aromatic rings. The van der Waals surface area contributed by atoms with E-state index in [1.807, 2.05) is 24.5 Å². The van der Waals surface area contributed by atoms with Gasteiger partial charge in [-0.05, 0) is 91.1 Å². The SMILES string of the molecule is Nc1c(C=C2CCC2)c2ccccc2n1-c1ccc2c3cc(-c4cc5cccnc5c5ncccc45)ccc3n(-c3ccccc3)c2c1. The van der Waals surface area contributed by atoms with E-state index in [-0.39, 0.29) is 0 Å². The highest BCUT2D eigenvalue weighted by Crippen LogP contribution is 2.41. The van der Waals surface area contributed by atoms with Gasteiger partial charge in [0.2, 0.25) is 0 Å². The molecule has 1 aliphatic carbocycles. The number of aromatic nitrogens is 4. The van der Waals surface area contributed by atoms with E-state index in [0.29, 0.717) is 0 Å². The maximum Gasteiger partial charge on any atom is 0.116 e. The summed E-state index contributed by atoms with van der Waals surface area (Å²) in [4.78, 5) is 9.43. The first kappa shape index (κ1) is 27.0. The largest absolute Gasteiger partial charge is 0.384 e. The Morgan fingerprint density at radius 3 is 2.19 bits per heavy atom. The number of para-hydroxylation sites is 2. The number of fused-ring (bicyclic) bond motifs is 7. The first-order valence-electron chi connectivity index (χ1n) is 16.6. The lowest BCUT2D eigenvalue weighted by Gasteiger charge is -2.16. The van der Waals surface area contributed by atoms with Crippen LogP contribution in [0.1, 0.15) is 24.8 Å². The summed E-state index contributed by atoms with van der Waals surface area (Å²) in [5.74, 6) is 0.783. The minimum atomic E-state index is 0.783. The number of benzene rings is 5. The Morgan fingerprint density at radius 2 is 1.33 bits per heavy atom. The Bertz CT molecular complexity index is 2760. The standard InChI is InChI=1S/C43H31N5/c44-43-37(23-27-9-6-10-27)32-14-4-5-16-38(32)48(43)31-18-19-33-36-24-28(17-20-39(36)47(40(33)26-31)30-12-2-1-3-13-30)35-25-29-11-7-21-45-41(29)42-34(35)15-8-22-46-42/h1-5,7-8,11-26H,6,9-10,44H2. The summed E-state index contributed by atoms with van der Waals surface area (Å²) in [7, 11) is 0. The van der Waals surface area contributed by atoms with Gasteiger partial charge in [-0.15, -0.1) is 0 Å². The second kappa shape index (κ2) is 10.4. The lowest BCUT2D eigenvalue weighted by Crippen LogP contribution is -2.02. The Labute approximate surface area is 277 Å². The molecule has 0 bridgehead atoms. The smallest absolute Gasteiger partial charge is 0.116 e. The van der Waals surface area contributed by atoms with E-state index in [9.17, 15) is 0 Å². The summed E-state index contributed by atoms with van der Waals surface area (Å²) in [6.45, 7) is 0. The summed E-state index contributed by atoms with van der Waals surface area (Å²) in [6, 6.07) is 43.3. The molecule has 0 spiro atoms. The van der Waals surface area contributed by atoms with Crippen LogP contribution >= 0.6 is 0 Å². The van der Waals surface area contributed by atoms with Crippen molar-refractivity contribution in [3.05, 3.63) is 145 Å². The summed E-state index contributed by atoms with van der Waals surface area (Å²) >= 11 is 0. The van der Waals surface area contributed by atoms with Crippen molar-refractivity contribution in [1.29, 1.82) is 0 Å². The van der Waals surface area contributed by atoms with Gasteiger partial charge >= 0.3 is 0 Å². The van der Waals surface area contributed by atoms with E-state index in [4.69, 9.17) is 10.7 Å². The summed E-state index contributed by atoms with van der Waals surface area (Å²) in [5.41, 5.74) is 19.3. The first-order valence-corrected chi connectivity index (χ1v) is 16.6. The van der Waals surface area contributed by atoms with Crippen LogP contribution in [0, 0.1) is 0 Å². The lowest BCUT2D eigenvalue weighted by atomic mass is 9.90. The first-order chi connectivity index (χ1) is 23.7. The molecule has 0 unspecified atom stereocenters. The van der Waals surface area contributed by atoms with Crippen LogP contribution in [0.5, 0.6) is 0 Å². The summed E-state index contributed by atoms with van der Waals surface area (Å²) in [6.07, 6.45) is 9.59. The number of nitrogens with zero attached hydrogens (tertiary/aromatic N) is 4. The van der Waals surface area contributed by atoms with Crippen molar-refractivity contribution >= 4 is 66.4 Å². The maximum atomic E-state index is 7.01. The molecule has 5 nitrogen and oxygen atoms in total. The maximum absolute atomic E-state index is 7.01. The molecule has 5 aromatic carbocycles. The number of rotatable bonds is 4. The third kappa shape index (κ3) is 3.97. The van der Waals surface area contributed by atoms with Gasteiger partial charge in [-0.1, -0.05) is 72.3 Å². The van der Waals surface area contributed by atoms with Crippen LogP contribution in [0.15, 0.2) is 139 Å². The van der Waals surface area contributed by atoms with Gasteiger partial charge < -0.3 is 10.3 Å². The molecule has 1 fully saturated rings. The predicted octanol–water partition coefficient (Wildman–Crippen LogP) is 10.6. The molecule has 1 saturated carbocycles. The van der Waals surface area contributed by atoms with Gasteiger partial charge in [0.15, 0.2) is 0 Å². The van der Waals surface area contributed by atoms with Gasteiger partial charge in [0.1, 0.15) is 5.82 Å². The Hall–Kier alpha value is -6.20. The van der Waals surface area contributed by atoms with Gasteiger partial charge in [0, 0.05) is 56.3 Å². The quantitative estimate of drug-likeness (QED) is 0.200. The molecular formula is C43H31N5. The van der Waals surface area contributed by atoms with Crippen LogP contribution in [0.25, 0.3) is 83.1 Å². The average Bonchev–Trinajstić information content (AvgIpc) is 3.59. The van der Waals surface area contributed by atoms with E-state index in [2.05, 4.69) is 129 Å². The molecule has 0 radical (unpaired) electrons. The van der Waals surface area contributed by atoms with Gasteiger partial charge in [0.25, 0.3) is 0 Å². The molecular weight excluding hydrogens is 587 g/mol. The third-order valence-electron chi connectivity index (χ3n) is 10.1. The Balaban J connectivity index is 1.23. The van der Waals surface area contributed by atoms with Crippen molar-refractivity contribution in [3.8, 4) is 22.5 Å². The van der Waals surface area contributed by atoms with Crippen LogP contribution in [-0.2, 0) is 0 Å². The molecule has 1 aliphatic rings. The molecule has 2 N–H and O–H groups in total. The monoisotopic (exact) mass is 617 g/mol. The fraction of sp³-hybridized carbons (Fsp3) is 0.0698. The molecule has 0 atom stereocenters. The zero-order valence-corrected chi connectivity index (χ0v) is 26.3. The minimum absolute atomic E-state index is 0.783. The Kier molecular flexibility index (Phi) is 5.85. The zero-order valence-electron chi connectivity index (χ0n) is 26.3. The van der Waals surface area contributed by atoms with Crippen LogP contribution < -0.4 is 5.73 Å². The van der Waals surface area contributed by atoms with Gasteiger partial charge in [-0.25, -0.2) is 0 Å². The lowest BCUT2D eigenvalue weighted by molar-refractivity contribution is 0.670.